The third-order valence-electron chi connectivity index (χ3n) is 5.16. The first-order chi connectivity index (χ1) is 13.3. The summed E-state index contributed by atoms with van der Waals surface area (Å²) in [6, 6.07) is 4.92. The number of hydrogen-bond acceptors (Lipinski definition) is 6. The van der Waals surface area contributed by atoms with Gasteiger partial charge in [-0.2, -0.15) is 0 Å². The van der Waals surface area contributed by atoms with E-state index >= 15 is 0 Å². The number of carbonyl (C=O) groups excluding carboxylic acids is 4. The van der Waals surface area contributed by atoms with Gasteiger partial charge in [-0.05, 0) is 43.9 Å². The average molecular weight is 401 g/mol. The molecule has 0 bridgehead atoms. The van der Waals surface area contributed by atoms with Crippen LogP contribution in [0.15, 0.2) is 18.2 Å². The largest absolute Gasteiger partial charge is 0.326 e. The fraction of sp³-hybridized carbons (Fsp3) is 0.389. The zero-order valence-electron chi connectivity index (χ0n) is 15.1. The Hall–Kier alpha value is -3.01. The van der Waals surface area contributed by atoms with Gasteiger partial charge in [0.1, 0.15) is 5.54 Å². The molecule has 2 aromatic rings. The third-order valence-corrected chi connectivity index (χ3v) is 6.10. The molecule has 1 aromatic carbocycles. The molecule has 4 N–H and O–H groups in total. The van der Waals surface area contributed by atoms with Crippen molar-refractivity contribution in [1.29, 1.82) is 0 Å². The van der Waals surface area contributed by atoms with E-state index in [1.165, 1.54) is 18.3 Å². The Bertz CT molecular complexity index is 993. The van der Waals surface area contributed by atoms with E-state index < -0.39 is 11.6 Å². The molecule has 9 nitrogen and oxygen atoms in total. The van der Waals surface area contributed by atoms with Crippen LogP contribution >= 0.6 is 11.3 Å². The lowest BCUT2D eigenvalue weighted by Gasteiger charge is -2.33. The van der Waals surface area contributed by atoms with E-state index in [2.05, 4.69) is 26.3 Å². The lowest BCUT2D eigenvalue weighted by Crippen LogP contribution is -2.50. The molecule has 2 aliphatic rings. The Balaban J connectivity index is 1.40. The van der Waals surface area contributed by atoms with Gasteiger partial charge in [-0.3, -0.25) is 19.7 Å². The van der Waals surface area contributed by atoms with E-state index in [0.29, 0.717) is 36.5 Å². The highest BCUT2D eigenvalue weighted by Gasteiger charge is 2.48. The highest BCUT2D eigenvalue weighted by molar-refractivity contribution is 7.22. The summed E-state index contributed by atoms with van der Waals surface area (Å²) < 4.78 is 0.856. The first kappa shape index (κ1) is 18.4. The van der Waals surface area contributed by atoms with Gasteiger partial charge in [-0.25, -0.2) is 9.78 Å². The van der Waals surface area contributed by atoms with Crippen LogP contribution < -0.4 is 21.3 Å². The predicted molar refractivity (Wildman–Crippen MR) is 104 cm³/mol. The van der Waals surface area contributed by atoms with Crippen LogP contribution in [0.2, 0.25) is 0 Å². The topological polar surface area (TPSA) is 129 Å². The number of urea groups is 1. The van der Waals surface area contributed by atoms with Crippen molar-refractivity contribution in [3.05, 3.63) is 18.2 Å². The number of carbonyl (C=O) groups is 4. The van der Waals surface area contributed by atoms with Crippen molar-refractivity contribution in [3.8, 4) is 0 Å². The van der Waals surface area contributed by atoms with Crippen LogP contribution in [0.5, 0.6) is 0 Å². The maximum Gasteiger partial charge on any atom is 0.322 e. The highest BCUT2D eigenvalue weighted by Crippen LogP contribution is 2.35. The van der Waals surface area contributed by atoms with Gasteiger partial charge in [0.05, 0.1) is 10.2 Å². The van der Waals surface area contributed by atoms with Gasteiger partial charge < -0.3 is 16.0 Å². The standard InChI is InChI=1S/C18H19N5O4S/c1-9(24)19-17-21-12-3-2-11(8-13(12)28-17)20-14(25)10-4-6-18(7-5-10)15(26)22-16(27)23-18/h2-3,8,10H,4-7H2,1H3,(H,20,25)(H,19,21,24)(H2,22,23,26,27). The maximum absolute atomic E-state index is 12.6. The Morgan fingerprint density at radius 3 is 2.61 bits per heavy atom. The Kier molecular flexibility index (Phi) is 4.50. The number of fused-ring (bicyclic) bond motifs is 1. The van der Waals surface area contributed by atoms with Crippen LogP contribution in [-0.2, 0) is 14.4 Å². The third kappa shape index (κ3) is 3.42. The summed E-state index contributed by atoms with van der Waals surface area (Å²) in [5.74, 6) is -0.815. The Morgan fingerprint density at radius 1 is 1.21 bits per heavy atom. The molecule has 5 amide bonds. The molecular weight excluding hydrogens is 382 g/mol. The van der Waals surface area contributed by atoms with Crippen molar-refractivity contribution in [2.75, 3.05) is 10.6 Å². The molecule has 0 radical (unpaired) electrons. The van der Waals surface area contributed by atoms with E-state index in [9.17, 15) is 19.2 Å². The molecule has 0 unspecified atom stereocenters. The smallest absolute Gasteiger partial charge is 0.322 e. The van der Waals surface area contributed by atoms with Crippen molar-refractivity contribution in [3.63, 3.8) is 0 Å². The Morgan fingerprint density at radius 2 is 1.96 bits per heavy atom. The lowest BCUT2D eigenvalue weighted by molar-refractivity contribution is -0.128. The molecule has 28 heavy (non-hydrogen) atoms. The molecule has 2 fully saturated rings. The van der Waals surface area contributed by atoms with Crippen molar-refractivity contribution in [1.82, 2.24) is 15.6 Å². The number of thiazole rings is 1. The van der Waals surface area contributed by atoms with Crippen LogP contribution in [0.1, 0.15) is 32.6 Å². The van der Waals surface area contributed by atoms with Gasteiger partial charge >= 0.3 is 6.03 Å². The number of amides is 5. The number of nitrogens with one attached hydrogen (secondary N) is 4. The summed E-state index contributed by atoms with van der Waals surface area (Å²) in [7, 11) is 0. The van der Waals surface area contributed by atoms with Crippen molar-refractivity contribution >= 4 is 56.1 Å². The fourth-order valence-corrected chi connectivity index (χ4v) is 4.65. The van der Waals surface area contributed by atoms with Gasteiger partial charge in [0, 0.05) is 18.5 Å². The van der Waals surface area contributed by atoms with E-state index in [-0.39, 0.29) is 23.6 Å². The molecule has 1 aromatic heterocycles. The number of hydrogen-bond donors (Lipinski definition) is 4. The molecule has 1 saturated carbocycles. The summed E-state index contributed by atoms with van der Waals surface area (Å²) in [6.07, 6.45) is 1.93. The average Bonchev–Trinajstić information content (AvgIpc) is 3.14. The number of aromatic nitrogens is 1. The van der Waals surface area contributed by atoms with Crippen LogP contribution in [-0.4, -0.2) is 34.3 Å². The minimum Gasteiger partial charge on any atom is -0.326 e. The number of benzene rings is 1. The molecule has 0 atom stereocenters. The number of nitrogens with zero attached hydrogens (tertiary/aromatic N) is 1. The SMILES string of the molecule is CC(=O)Nc1nc2ccc(NC(=O)C3CCC4(CC3)NC(=O)NC4=O)cc2s1. The van der Waals surface area contributed by atoms with Crippen molar-refractivity contribution in [2.45, 2.75) is 38.1 Å². The Labute approximate surface area is 164 Å². The van der Waals surface area contributed by atoms with Crippen molar-refractivity contribution in [2.24, 2.45) is 5.92 Å². The normalized spacial score (nSPS) is 24.1. The monoisotopic (exact) mass is 401 g/mol. The predicted octanol–water partition coefficient (Wildman–Crippen LogP) is 1.96. The minimum absolute atomic E-state index is 0.106. The quantitative estimate of drug-likeness (QED) is 0.584. The molecule has 1 aliphatic heterocycles. The van der Waals surface area contributed by atoms with Crippen LogP contribution in [0, 0.1) is 5.92 Å². The zero-order chi connectivity index (χ0) is 19.9. The second-order valence-electron chi connectivity index (χ2n) is 7.14. The highest BCUT2D eigenvalue weighted by atomic mass is 32.1. The van der Waals surface area contributed by atoms with Gasteiger partial charge in [-0.15, -0.1) is 0 Å². The summed E-state index contributed by atoms with van der Waals surface area (Å²) in [5.41, 5.74) is 0.535. The maximum atomic E-state index is 12.6. The molecule has 4 rings (SSSR count). The number of rotatable bonds is 3. The second-order valence-corrected chi connectivity index (χ2v) is 8.17. The molecule has 1 aliphatic carbocycles. The first-order valence-electron chi connectivity index (χ1n) is 8.97. The summed E-state index contributed by atoms with van der Waals surface area (Å²) in [4.78, 5) is 51.5. The molecule has 2 heterocycles. The van der Waals surface area contributed by atoms with Gasteiger partial charge in [0.15, 0.2) is 5.13 Å². The van der Waals surface area contributed by atoms with Gasteiger partial charge in [0.2, 0.25) is 11.8 Å². The first-order valence-corrected chi connectivity index (χ1v) is 9.79. The number of imide groups is 1. The van der Waals surface area contributed by atoms with Gasteiger partial charge in [0.25, 0.3) is 5.91 Å². The molecule has 1 spiro atoms. The zero-order valence-corrected chi connectivity index (χ0v) is 15.9. The summed E-state index contributed by atoms with van der Waals surface area (Å²) in [6.45, 7) is 1.42. The molecule has 1 saturated heterocycles. The van der Waals surface area contributed by atoms with E-state index in [1.54, 1.807) is 12.1 Å². The molecule has 10 heteroatoms. The van der Waals surface area contributed by atoms with Gasteiger partial charge in [-0.1, -0.05) is 11.3 Å². The molecular formula is C18H19N5O4S. The van der Waals surface area contributed by atoms with Crippen molar-refractivity contribution < 1.29 is 19.2 Å². The minimum atomic E-state index is -0.866. The summed E-state index contributed by atoms with van der Waals surface area (Å²) >= 11 is 1.34. The number of anilines is 2. The van der Waals surface area contributed by atoms with Crippen LogP contribution in [0.25, 0.3) is 10.2 Å². The van der Waals surface area contributed by atoms with E-state index in [0.717, 1.165) is 10.2 Å². The fourth-order valence-electron chi connectivity index (χ4n) is 3.70. The second kappa shape index (κ2) is 6.86. The summed E-state index contributed by atoms with van der Waals surface area (Å²) in [5, 5.41) is 11.1. The van der Waals surface area contributed by atoms with Crippen LogP contribution in [0.4, 0.5) is 15.6 Å². The lowest BCUT2D eigenvalue weighted by atomic mass is 9.76. The van der Waals surface area contributed by atoms with E-state index in [4.69, 9.17) is 0 Å². The van der Waals surface area contributed by atoms with Crippen LogP contribution in [0.3, 0.4) is 0 Å². The molecule has 146 valence electrons. The van der Waals surface area contributed by atoms with E-state index in [1.807, 2.05) is 6.07 Å².